The molecule has 2 saturated carbocycles. The van der Waals surface area contributed by atoms with E-state index in [1.165, 1.54) is 37.2 Å². The molecule has 2 aromatic rings. The summed E-state index contributed by atoms with van der Waals surface area (Å²) in [7, 11) is 0. The highest BCUT2D eigenvalue weighted by Gasteiger charge is 2.42. The van der Waals surface area contributed by atoms with Crippen LogP contribution in [0.15, 0.2) is 30.3 Å². The SMILES string of the molecule is O=C(Nc1nc(-c2ccccc2)ns1)NC(C1CC1)C1CC1. The fraction of sp³-hybridized carbons (Fsp3) is 0.438. The first-order chi connectivity index (χ1) is 10.8. The second kappa shape index (κ2) is 5.68. The Kier molecular flexibility index (Phi) is 3.54. The minimum atomic E-state index is -0.153. The van der Waals surface area contributed by atoms with Gasteiger partial charge in [0.25, 0.3) is 0 Å². The average Bonchev–Trinajstić information content (AvgIpc) is 3.45. The van der Waals surface area contributed by atoms with Crippen molar-refractivity contribution in [3.05, 3.63) is 30.3 Å². The van der Waals surface area contributed by atoms with Crippen molar-refractivity contribution in [2.45, 2.75) is 31.7 Å². The molecular weight excluding hydrogens is 296 g/mol. The van der Waals surface area contributed by atoms with Crippen molar-refractivity contribution in [3.8, 4) is 11.4 Å². The number of carbonyl (C=O) groups is 1. The van der Waals surface area contributed by atoms with Crippen LogP contribution in [-0.2, 0) is 0 Å². The van der Waals surface area contributed by atoms with E-state index in [9.17, 15) is 4.79 Å². The minimum Gasteiger partial charge on any atom is -0.335 e. The van der Waals surface area contributed by atoms with Gasteiger partial charge in [-0.25, -0.2) is 4.79 Å². The smallest absolute Gasteiger partial charge is 0.321 e. The van der Waals surface area contributed by atoms with Crippen molar-refractivity contribution in [1.82, 2.24) is 14.7 Å². The Labute approximate surface area is 133 Å². The van der Waals surface area contributed by atoms with Crippen LogP contribution in [0, 0.1) is 11.8 Å². The molecule has 2 amide bonds. The number of anilines is 1. The lowest BCUT2D eigenvalue weighted by Gasteiger charge is -2.17. The molecule has 1 aromatic heterocycles. The molecule has 0 saturated heterocycles. The van der Waals surface area contributed by atoms with E-state index in [1.54, 1.807) is 0 Å². The van der Waals surface area contributed by atoms with Gasteiger partial charge in [0.1, 0.15) is 0 Å². The van der Waals surface area contributed by atoms with Gasteiger partial charge < -0.3 is 5.32 Å². The maximum atomic E-state index is 12.1. The van der Waals surface area contributed by atoms with Crippen LogP contribution in [0.25, 0.3) is 11.4 Å². The van der Waals surface area contributed by atoms with E-state index in [0.717, 1.165) is 5.56 Å². The summed E-state index contributed by atoms with van der Waals surface area (Å²) in [6.07, 6.45) is 4.99. The van der Waals surface area contributed by atoms with Crippen LogP contribution in [0.2, 0.25) is 0 Å². The molecule has 0 atom stereocenters. The van der Waals surface area contributed by atoms with E-state index in [2.05, 4.69) is 20.0 Å². The number of hydrogen-bond acceptors (Lipinski definition) is 4. The number of nitrogens with one attached hydrogen (secondary N) is 2. The topological polar surface area (TPSA) is 66.9 Å². The molecule has 0 bridgehead atoms. The highest BCUT2D eigenvalue weighted by molar-refractivity contribution is 7.10. The zero-order valence-corrected chi connectivity index (χ0v) is 13.0. The minimum absolute atomic E-state index is 0.153. The summed E-state index contributed by atoms with van der Waals surface area (Å²) in [6.45, 7) is 0. The van der Waals surface area contributed by atoms with Gasteiger partial charge in [0, 0.05) is 23.1 Å². The fourth-order valence-electron chi connectivity index (χ4n) is 2.79. The number of nitrogens with zero attached hydrogens (tertiary/aromatic N) is 2. The molecule has 2 aliphatic carbocycles. The van der Waals surface area contributed by atoms with Crippen LogP contribution in [-0.4, -0.2) is 21.4 Å². The molecule has 0 aliphatic heterocycles. The van der Waals surface area contributed by atoms with E-state index >= 15 is 0 Å². The number of rotatable bonds is 5. The molecular formula is C16H18N4OS. The third-order valence-corrected chi connectivity index (χ3v) is 4.87. The van der Waals surface area contributed by atoms with Crippen LogP contribution in [0.5, 0.6) is 0 Å². The van der Waals surface area contributed by atoms with E-state index in [4.69, 9.17) is 0 Å². The Morgan fingerprint density at radius 1 is 1.14 bits per heavy atom. The van der Waals surface area contributed by atoms with Gasteiger partial charge in [0.15, 0.2) is 5.82 Å². The van der Waals surface area contributed by atoms with Gasteiger partial charge in [0.2, 0.25) is 5.13 Å². The van der Waals surface area contributed by atoms with E-state index in [-0.39, 0.29) is 6.03 Å². The van der Waals surface area contributed by atoms with Crippen molar-refractivity contribution < 1.29 is 4.79 Å². The Morgan fingerprint density at radius 2 is 1.82 bits per heavy atom. The van der Waals surface area contributed by atoms with Crippen LogP contribution in [0.1, 0.15) is 25.7 Å². The molecule has 0 unspecified atom stereocenters. The normalized spacial score (nSPS) is 17.5. The summed E-state index contributed by atoms with van der Waals surface area (Å²) in [5.41, 5.74) is 0.959. The summed E-state index contributed by atoms with van der Waals surface area (Å²) < 4.78 is 4.30. The van der Waals surface area contributed by atoms with E-state index in [0.29, 0.717) is 28.8 Å². The zero-order chi connectivity index (χ0) is 14.9. The van der Waals surface area contributed by atoms with Gasteiger partial charge in [-0.3, -0.25) is 5.32 Å². The molecule has 2 N–H and O–H groups in total. The molecule has 4 rings (SSSR count). The maximum Gasteiger partial charge on any atom is 0.321 e. The molecule has 0 spiro atoms. The van der Waals surface area contributed by atoms with Gasteiger partial charge >= 0.3 is 6.03 Å². The molecule has 114 valence electrons. The summed E-state index contributed by atoms with van der Waals surface area (Å²) in [5.74, 6) is 2.03. The van der Waals surface area contributed by atoms with Crippen LogP contribution < -0.4 is 10.6 Å². The summed E-state index contributed by atoms with van der Waals surface area (Å²) >= 11 is 1.21. The Hall–Kier alpha value is -1.95. The highest BCUT2D eigenvalue weighted by atomic mass is 32.1. The Bertz CT molecular complexity index is 652. The van der Waals surface area contributed by atoms with Crippen LogP contribution in [0.3, 0.4) is 0 Å². The molecule has 1 heterocycles. The molecule has 2 fully saturated rings. The Morgan fingerprint density at radius 3 is 2.45 bits per heavy atom. The molecule has 22 heavy (non-hydrogen) atoms. The monoisotopic (exact) mass is 314 g/mol. The van der Waals surface area contributed by atoms with Crippen molar-refractivity contribution >= 4 is 22.7 Å². The largest absolute Gasteiger partial charge is 0.335 e. The lowest BCUT2D eigenvalue weighted by molar-refractivity contribution is 0.245. The molecule has 0 radical (unpaired) electrons. The third kappa shape index (κ3) is 3.11. The van der Waals surface area contributed by atoms with Crippen molar-refractivity contribution in [2.24, 2.45) is 11.8 Å². The average molecular weight is 314 g/mol. The lowest BCUT2D eigenvalue weighted by Crippen LogP contribution is -2.40. The molecule has 1 aromatic carbocycles. The first-order valence-corrected chi connectivity index (χ1v) is 8.53. The third-order valence-electron chi connectivity index (χ3n) is 4.24. The number of amides is 2. The van der Waals surface area contributed by atoms with Gasteiger partial charge in [0.05, 0.1) is 0 Å². The van der Waals surface area contributed by atoms with Crippen molar-refractivity contribution in [3.63, 3.8) is 0 Å². The predicted molar refractivity (Wildman–Crippen MR) is 86.7 cm³/mol. The van der Waals surface area contributed by atoms with E-state index in [1.807, 2.05) is 30.3 Å². The first kappa shape index (κ1) is 13.7. The quantitative estimate of drug-likeness (QED) is 0.887. The number of benzene rings is 1. The Balaban J connectivity index is 1.38. The molecule has 5 nitrogen and oxygen atoms in total. The van der Waals surface area contributed by atoms with Gasteiger partial charge in [-0.1, -0.05) is 30.3 Å². The second-order valence-electron chi connectivity index (χ2n) is 6.09. The fourth-order valence-corrected chi connectivity index (χ4v) is 3.38. The number of carbonyl (C=O) groups excluding carboxylic acids is 1. The first-order valence-electron chi connectivity index (χ1n) is 7.76. The molecule has 2 aliphatic rings. The van der Waals surface area contributed by atoms with Crippen LogP contribution in [0.4, 0.5) is 9.93 Å². The van der Waals surface area contributed by atoms with Crippen LogP contribution >= 0.6 is 11.5 Å². The van der Waals surface area contributed by atoms with Gasteiger partial charge in [-0.05, 0) is 37.5 Å². The number of urea groups is 1. The number of hydrogen-bond donors (Lipinski definition) is 2. The van der Waals surface area contributed by atoms with Crippen molar-refractivity contribution in [2.75, 3.05) is 5.32 Å². The lowest BCUT2D eigenvalue weighted by atomic mass is 10.1. The second-order valence-corrected chi connectivity index (χ2v) is 6.84. The van der Waals surface area contributed by atoms with Gasteiger partial charge in [-0.2, -0.15) is 9.36 Å². The summed E-state index contributed by atoms with van der Waals surface area (Å²) in [6, 6.07) is 9.97. The highest BCUT2D eigenvalue weighted by Crippen LogP contribution is 2.44. The number of aromatic nitrogens is 2. The zero-order valence-electron chi connectivity index (χ0n) is 12.2. The van der Waals surface area contributed by atoms with Crippen molar-refractivity contribution in [1.29, 1.82) is 0 Å². The summed E-state index contributed by atoms with van der Waals surface area (Å²) in [4.78, 5) is 16.5. The van der Waals surface area contributed by atoms with Gasteiger partial charge in [-0.15, -0.1) is 0 Å². The van der Waals surface area contributed by atoms with E-state index < -0.39 is 0 Å². The predicted octanol–water partition coefficient (Wildman–Crippen LogP) is 3.52. The summed E-state index contributed by atoms with van der Waals surface area (Å²) in [5, 5.41) is 6.49. The molecule has 6 heteroatoms. The standard InChI is InChI=1S/C16H18N4OS/c21-15(17-13(10-6-7-10)11-8-9-11)19-16-18-14(20-22-16)12-4-2-1-3-5-12/h1-5,10-11,13H,6-9H2,(H2,17,18,19,20,21). The maximum absolute atomic E-state index is 12.1.